The van der Waals surface area contributed by atoms with Gasteiger partial charge in [-0.3, -0.25) is 4.79 Å². The van der Waals surface area contributed by atoms with Crippen molar-refractivity contribution in [2.75, 3.05) is 13.2 Å². The summed E-state index contributed by atoms with van der Waals surface area (Å²) in [7, 11) is 0. The smallest absolute Gasteiger partial charge is 0.220 e. The lowest BCUT2D eigenvalue weighted by Gasteiger charge is -2.40. The summed E-state index contributed by atoms with van der Waals surface area (Å²) in [5, 5.41) is 54.5. The maximum absolute atomic E-state index is 13.0. The molecule has 0 bridgehead atoms. The number of carbonyl (C=O) groups is 1. The monoisotopic (exact) mass is 938 g/mol. The highest BCUT2D eigenvalue weighted by Gasteiger charge is 2.44. The number of hydrogen-bond donors (Lipinski definition) is 6. The average Bonchev–Trinajstić information content (AvgIpc) is 3.32. The summed E-state index contributed by atoms with van der Waals surface area (Å²) in [6.07, 6.45) is 51.3. The Kier molecular flexibility index (Phi) is 45.4. The van der Waals surface area contributed by atoms with Gasteiger partial charge in [0, 0.05) is 6.42 Å². The van der Waals surface area contributed by atoms with Crippen molar-refractivity contribution in [3.8, 4) is 0 Å². The van der Waals surface area contributed by atoms with Gasteiger partial charge in [0.25, 0.3) is 0 Å². The van der Waals surface area contributed by atoms with Gasteiger partial charge in [0.15, 0.2) is 6.29 Å². The third kappa shape index (κ3) is 36.9. The van der Waals surface area contributed by atoms with Crippen LogP contribution >= 0.6 is 0 Å². The molecule has 7 atom stereocenters. The Balaban J connectivity index is 2.21. The maximum atomic E-state index is 13.0. The topological polar surface area (TPSA) is 149 Å². The lowest BCUT2D eigenvalue weighted by atomic mass is 9.99. The Labute approximate surface area is 407 Å². The molecule has 1 saturated heterocycles. The number of amides is 1. The van der Waals surface area contributed by atoms with Gasteiger partial charge < -0.3 is 40.3 Å². The van der Waals surface area contributed by atoms with Gasteiger partial charge in [0.2, 0.25) is 5.91 Å². The molecule has 0 aromatic rings. The van der Waals surface area contributed by atoms with Crippen molar-refractivity contribution in [2.45, 2.75) is 333 Å². The van der Waals surface area contributed by atoms with E-state index in [1.54, 1.807) is 6.08 Å². The molecule has 0 radical (unpaired) electrons. The van der Waals surface area contributed by atoms with Crippen LogP contribution in [0.5, 0.6) is 0 Å². The largest absolute Gasteiger partial charge is 0.394 e. The Hall–Kier alpha value is -1.07. The molecule has 6 N–H and O–H groups in total. The van der Waals surface area contributed by atoms with Crippen molar-refractivity contribution in [3.05, 3.63) is 12.2 Å². The predicted molar refractivity (Wildman–Crippen MR) is 277 cm³/mol. The minimum absolute atomic E-state index is 0.170. The molecule has 1 aliphatic heterocycles. The zero-order chi connectivity index (χ0) is 48.0. The second kappa shape index (κ2) is 47.6. The van der Waals surface area contributed by atoms with Crippen molar-refractivity contribution in [1.82, 2.24) is 5.32 Å². The maximum Gasteiger partial charge on any atom is 0.220 e. The van der Waals surface area contributed by atoms with Gasteiger partial charge in [0.05, 0.1) is 25.4 Å². The number of nitrogens with one attached hydrogen (secondary N) is 1. The van der Waals surface area contributed by atoms with Crippen LogP contribution in [0.4, 0.5) is 0 Å². The van der Waals surface area contributed by atoms with E-state index in [2.05, 4.69) is 19.2 Å². The zero-order valence-electron chi connectivity index (χ0n) is 43.5. The molecule has 9 nitrogen and oxygen atoms in total. The van der Waals surface area contributed by atoms with E-state index in [0.717, 1.165) is 38.5 Å². The summed E-state index contributed by atoms with van der Waals surface area (Å²) >= 11 is 0. The summed E-state index contributed by atoms with van der Waals surface area (Å²) < 4.78 is 11.3. The number of carbonyl (C=O) groups excluding carboxylic acids is 1. The summed E-state index contributed by atoms with van der Waals surface area (Å²) in [6, 6.07) is -0.800. The molecular weight excluding hydrogens is 827 g/mol. The molecule has 392 valence electrons. The van der Waals surface area contributed by atoms with Crippen LogP contribution in [0, 0.1) is 0 Å². The number of aliphatic hydroxyl groups is 5. The fourth-order valence-corrected chi connectivity index (χ4v) is 9.51. The third-order valence-corrected chi connectivity index (χ3v) is 14.1. The quantitative estimate of drug-likeness (QED) is 0.0261. The highest BCUT2D eigenvalue weighted by atomic mass is 16.7. The molecule has 7 unspecified atom stereocenters. The summed E-state index contributed by atoms with van der Waals surface area (Å²) in [5.74, 6) is -0.170. The Morgan fingerprint density at radius 2 is 0.833 bits per heavy atom. The molecule has 1 heterocycles. The highest BCUT2D eigenvalue weighted by Crippen LogP contribution is 2.23. The standard InChI is InChI=1S/C57H111NO8/c1-3-5-7-9-11-13-15-17-19-21-23-24-25-26-27-28-29-30-32-34-36-38-40-42-44-46-51(60)50(49-65-57-56(64)55(63)54(62)52(48-59)66-57)58-53(61)47-45-43-41-39-37-35-33-31-22-20-18-16-14-12-10-8-6-4-2/h44,46,50-52,54-57,59-60,62-64H,3-43,45,47-49H2,1-2H3,(H,58,61)/b46-44+. The number of aliphatic hydroxyl groups excluding tert-OH is 5. The van der Waals surface area contributed by atoms with Crippen LogP contribution in [0.25, 0.3) is 0 Å². The van der Waals surface area contributed by atoms with Crippen LogP contribution in [-0.2, 0) is 14.3 Å². The first kappa shape index (κ1) is 62.9. The minimum Gasteiger partial charge on any atom is -0.394 e. The first-order chi connectivity index (χ1) is 32.3. The lowest BCUT2D eigenvalue weighted by molar-refractivity contribution is -0.302. The highest BCUT2D eigenvalue weighted by molar-refractivity contribution is 5.76. The van der Waals surface area contributed by atoms with Crippen LogP contribution in [0.2, 0.25) is 0 Å². The van der Waals surface area contributed by atoms with Gasteiger partial charge >= 0.3 is 0 Å². The molecule has 0 aromatic heterocycles. The Bertz CT molecular complexity index is 1040. The van der Waals surface area contributed by atoms with Crippen LogP contribution in [0.1, 0.15) is 290 Å². The van der Waals surface area contributed by atoms with Gasteiger partial charge in [0.1, 0.15) is 24.4 Å². The van der Waals surface area contributed by atoms with Crippen LogP contribution in [-0.4, -0.2) is 87.5 Å². The fraction of sp³-hybridized carbons (Fsp3) is 0.947. The van der Waals surface area contributed by atoms with Gasteiger partial charge in [-0.25, -0.2) is 0 Å². The molecule has 9 heteroatoms. The molecule has 0 saturated carbocycles. The number of unbranched alkanes of at least 4 members (excludes halogenated alkanes) is 40. The van der Waals surface area contributed by atoms with Gasteiger partial charge in [-0.1, -0.05) is 276 Å². The number of rotatable bonds is 50. The SMILES string of the molecule is CCCCCCCCCCCCCCCCCCCCCCCCC/C=C/C(O)C(COC1OC(CO)C(O)C(O)C1O)NC(=O)CCCCCCCCCCCCCCCCCCCC. The fourth-order valence-electron chi connectivity index (χ4n) is 9.51. The molecule has 0 spiro atoms. The zero-order valence-corrected chi connectivity index (χ0v) is 43.5. The molecule has 0 aliphatic carbocycles. The van der Waals surface area contributed by atoms with Gasteiger partial charge in [-0.05, 0) is 19.3 Å². The van der Waals surface area contributed by atoms with E-state index in [1.807, 2.05) is 6.08 Å². The summed E-state index contributed by atoms with van der Waals surface area (Å²) in [4.78, 5) is 13.0. The molecule has 0 aromatic carbocycles. The second-order valence-electron chi connectivity index (χ2n) is 20.5. The van der Waals surface area contributed by atoms with E-state index in [4.69, 9.17) is 9.47 Å². The molecule has 1 fully saturated rings. The van der Waals surface area contributed by atoms with Crippen molar-refractivity contribution in [2.24, 2.45) is 0 Å². The third-order valence-electron chi connectivity index (χ3n) is 14.1. The van der Waals surface area contributed by atoms with Gasteiger partial charge in [-0.2, -0.15) is 0 Å². The number of hydrogen-bond acceptors (Lipinski definition) is 8. The first-order valence-corrected chi connectivity index (χ1v) is 28.9. The van der Waals surface area contributed by atoms with E-state index < -0.39 is 49.5 Å². The van der Waals surface area contributed by atoms with Crippen molar-refractivity contribution in [1.29, 1.82) is 0 Å². The molecule has 1 aliphatic rings. The van der Waals surface area contributed by atoms with E-state index in [9.17, 15) is 30.3 Å². The van der Waals surface area contributed by atoms with Crippen LogP contribution < -0.4 is 5.32 Å². The molecule has 1 rings (SSSR count). The summed E-state index contributed by atoms with van der Waals surface area (Å²) in [6.45, 7) is 3.82. The van der Waals surface area contributed by atoms with Crippen molar-refractivity contribution < 1.29 is 39.8 Å². The van der Waals surface area contributed by atoms with E-state index in [0.29, 0.717) is 6.42 Å². The minimum atomic E-state index is -1.56. The molecule has 66 heavy (non-hydrogen) atoms. The van der Waals surface area contributed by atoms with Gasteiger partial charge in [-0.15, -0.1) is 0 Å². The molecule has 1 amide bonds. The normalized spacial score (nSPS) is 19.8. The van der Waals surface area contributed by atoms with Crippen LogP contribution in [0.15, 0.2) is 12.2 Å². The second-order valence-corrected chi connectivity index (χ2v) is 20.5. The lowest BCUT2D eigenvalue weighted by Crippen LogP contribution is -2.60. The van der Waals surface area contributed by atoms with Crippen LogP contribution in [0.3, 0.4) is 0 Å². The van der Waals surface area contributed by atoms with Crippen molar-refractivity contribution in [3.63, 3.8) is 0 Å². The number of ether oxygens (including phenoxy) is 2. The van der Waals surface area contributed by atoms with Crippen molar-refractivity contribution >= 4 is 5.91 Å². The summed E-state index contributed by atoms with van der Waals surface area (Å²) in [5.41, 5.74) is 0. The first-order valence-electron chi connectivity index (χ1n) is 28.9. The van der Waals surface area contributed by atoms with E-state index in [1.165, 1.54) is 231 Å². The van der Waals surface area contributed by atoms with E-state index in [-0.39, 0.29) is 12.5 Å². The molecular formula is C57H111NO8. The van der Waals surface area contributed by atoms with E-state index >= 15 is 0 Å². The number of allylic oxidation sites excluding steroid dienone is 1. The average molecular weight is 939 g/mol. The predicted octanol–water partition coefficient (Wildman–Crippen LogP) is 14.0. The Morgan fingerprint density at radius 1 is 0.500 bits per heavy atom. The Morgan fingerprint density at radius 3 is 1.18 bits per heavy atom.